The van der Waals surface area contributed by atoms with E-state index in [1.807, 2.05) is 6.92 Å². The molecule has 2 unspecified atom stereocenters. The fraction of sp³-hybridized carbons (Fsp3) is 1.00. The summed E-state index contributed by atoms with van der Waals surface area (Å²) in [4.78, 5) is 0. The minimum Gasteiger partial charge on any atom is -0.378 e. The molecule has 0 bridgehead atoms. The molecule has 0 amide bonds. The van der Waals surface area contributed by atoms with E-state index in [4.69, 9.17) is 14.6 Å². The Balaban J connectivity index is 2.45. The molecule has 1 saturated heterocycles. The van der Waals surface area contributed by atoms with Crippen LogP contribution in [0.1, 0.15) is 19.8 Å². The molecule has 0 aliphatic carbocycles. The Morgan fingerprint density at radius 1 is 1.70 bits per heavy atom. The molecule has 3 heteroatoms. The third-order valence-corrected chi connectivity index (χ3v) is 2.04. The van der Waals surface area contributed by atoms with Gasteiger partial charge >= 0.3 is 0 Å². The zero-order chi connectivity index (χ0) is 7.61. The third kappa shape index (κ3) is 1.68. The number of hydrogen-bond donors (Lipinski definition) is 1. The van der Waals surface area contributed by atoms with Crippen molar-refractivity contribution in [3.05, 3.63) is 0 Å². The van der Waals surface area contributed by atoms with Crippen LogP contribution in [0, 0.1) is 0 Å². The van der Waals surface area contributed by atoms with Gasteiger partial charge in [0.05, 0.1) is 12.2 Å². The van der Waals surface area contributed by atoms with Crippen LogP contribution in [-0.4, -0.2) is 30.7 Å². The predicted molar refractivity (Wildman–Crippen MR) is 36.6 cm³/mol. The van der Waals surface area contributed by atoms with E-state index in [1.54, 1.807) is 7.11 Å². The smallest absolute Gasteiger partial charge is 0.157 e. The summed E-state index contributed by atoms with van der Waals surface area (Å²) in [5.41, 5.74) is -0.183. The summed E-state index contributed by atoms with van der Waals surface area (Å²) < 4.78 is 10.2. The number of aliphatic hydroxyl groups is 1. The van der Waals surface area contributed by atoms with E-state index in [1.165, 1.54) is 0 Å². The maximum Gasteiger partial charge on any atom is 0.157 e. The van der Waals surface area contributed by atoms with Crippen LogP contribution >= 0.6 is 0 Å². The van der Waals surface area contributed by atoms with E-state index in [0.29, 0.717) is 13.0 Å². The van der Waals surface area contributed by atoms with Crippen LogP contribution in [0.4, 0.5) is 0 Å². The van der Waals surface area contributed by atoms with Gasteiger partial charge in [0.15, 0.2) is 6.29 Å². The van der Waals surface area contributed by atoms with Crippen molar-refractivity contribution in [2.45, 2.75) is 31.7 Å². The van der Waals surface area contributed by atoms with E-state index < -0.39 is 6.29 Å². The lowest BCUT2D eigenvalue weighted by Gasteiger charge is -2.34. The van der Waals surface area contributed by atoms with Crippen molar-refractivity contribution in [3.8, 4) is 0 Å². The van der Waals surface area contributed by atoms with Crippen LogP contribution in [0.25, 0.3) is 0 Å². The Bertz CT molecular complexity index is 115. The van der Waals surface area contributed by atoms with E-state index in [0.717, 1.165) is 6.42 Å². The third-order valence-electron chi connectivity index (χ3n) is 2.04. The Hall–Kier alpha value is -0.120. The van der Waals surface area contributed by atoms with Crippen molar-refractivity contribution in [3.63, 3.8) is 0 Å². The highest BCUT2D eigenvalue weighted by Gasteiger charge is 2.31. The molecule has 1 fully saturated rings. The first-order valence-electron chi connectivity index (χ1n) is 3.51. The fourth-order valence-electron chi connectivity index (χ4n) is 1.13. The molecule has 1 heterocycles. The van der Waals surface area contributed by atoms with Crippen molar-refractivity contribution >= 4 is 0 Å². The van der Waals surface area contributed by atoms with Gasteiger partial charge in [-0.3, -0.25) is 0 Å². The van der Waals surface area contributed by atoms with Crippen LogP contribution in [0.2, 0.25) is 0 Å². The van der Waals surface area contributed by atoms with Gasteiger partial charge in [-0.1, -0.05) is 0 Å². The van der Waals surface area contributed by atoms with Gasteiger partial charge in [0.25, 0.3) is 0 Å². The highest BCUT2D eigenvalue weighted by Crippen LogP contribution is 2.25. The van der Waals surface area contributed by atoms with Crippen molar-refractivity contribution in [2.24, 2.45) is 0 Å². The average Bonchev–Trinajstić information content (AvgIpc) is 1.88. The van der Waals surface area contributed by atoms with Gasteiger partial charge in [-0.15, -0.1) is 0 Å². The van der Waals surface area contributed by atoms with Crippen molar-refractivity contribution in [1.29, 1.82) is 0 Å². The minimum atomic E-state index is -0.640. The number of ether oxygens (including phenoxy) is 2. The number of rotatable bonds is 1. The van der Waals surface area contributed by atoms with Gasteiger partial charge in [-0.25, -0.2) is 0 Å². The minimum absolute atomic E-state index is 0.183. The molecule has 1 aliphatic heterocycles. The lowest BCUT2D eigenvalue weighted by Crippen LogP contribution is -2.39. The van der Waals surface area contributed by atoms with Crippen LogP contribution in [-0.2, 0) is 9.47 Å². The molecule has 1 aliphatic rings. The van der Waals surface area contributed by atoms with Crippen LogP contribution < -0.4 is 0 Å². The summed E-state index contributed by atoms with van der Waals surface area (Å²) in [5, 5.41) is 9.07. The average molecular weight is 146 g/mol. The lowest BCUT2D eigenvalue weighted by atomic mass is 9.96. The molecule has 1 rings (SSSR count). The van der Waals surface area contributed by atoms with E-state index in [2.05, 4.69) is 0 Å². The second kappa shape index (κ2) is 2.86. The second-order valence-electron chi connectivity index (χ2n) is 2.93. The molecule has 0 aromatic rings. The first kappa shape index (κ1) is 7.98. The van der Waals surface area contributed by atoms with Crippen molar-refractivity contribution in [1.82, 2.24) is 0 Å². The zero-order valence-electron chi connectivity index (χ0n) is 6.46. The number of aliphatic hydroxyl groups excluding tert-OH is 1. The highest BCUT2D eigenvalue weighted by molar-refractivity contribution is 4.78. The largest absolute Gasteiger partial charge is 0.378 e. The molecule has 0 spiro atoms. The predicted octanol–water partition coefficient (Wildman–Crippen LogP) is 0.520. The quantitative estimate of drug-likeness (QED) is 0.586. The van der Waals surface area contributed by atoms with Gasteiger partial charge in [0.2, 0.25) is 0 Å². The molecular formula is C7H14O3. The summed E-state index contributed by atoms with van der Waals surface area (Å²) in [5.74, 6) is 0. The number of hydrogen-bond acceptors (Lipinski definition) is 3. The summed E-state index contributed by atoms with van der Waals surface area (Å²) in [7, 11) is 1.66. The summed E-state index contributed by atoms with van der Waals surface area (Å²) >= 11 is 0. The Kier molecular flexibility index (Phi) is 2.28. The van der Waals surface area contributed by atoms with Crippen molar-refractivity contribution < 1.29 is 14.6 Å². The first-order chi connectivity index (χ1) is 4.66. The van der Waals surface area contributed by atoms with E-state index >= 15 is 0 Å². The fourth-order valence-corrected chi connectivity index (χ4v) is 1.13. The molecule has 0 saturated carbocycles. The maximum atomic E-state index is 9.07. The monoisotopic (exact) mass is 146 g/mol. The van der Waals surface area contributed by atoms with Gasteiger partial charge in [-0.2, -0.15) is 0 Å². The second-order valence-corrected chi connectivity index (χ2v) is 2.93. The van der Waals surface area contributed by atoms with Gasteiger partial charge in [-0.05, 0) is 13.3 Å². The van der Waals surface area contributed by atoms with Gasteiger partial charge in [0, 0.05) is 13.5 Å². The number of methoxy groups -OCH3 is 1. The van der Waals surface area contributed by atoms with Gasteiger partial charge in [0.1, 0.15) is 0 Å². The zero-order valence-corrected chi connectivity index (χ0v) is 6.46. The molecule has 2 atom stereocenters. The summed E-state index contributed by atoms with van der Waals surface area (Å²) in [6.45, 7) is 2.57. The van der Waals surface area contributed by atoms with E-state index in [9.17, 15) is 0 Å². The van der Waals surface area contributed by atoms with Crippen LogP contribution in [0.5, 0.6) is 0 Å². The van der Waals surface area contributed by atoms with E-state index in [-0.39, 0.29) is 5.60 Å². The highest BCUT2D eigenvalue weighted by atomic mass is 16.6. The Morgan fingerprint density at radius 2 is 2.40 bits per heavy atom. The topological polar surface area (TPSA) is 38.7 Å². The van der Waals surface area contributed by atoms with Crippen LogP contribution in [0.15, 0.2) is 0 Å². The molecule has 1 N–H and O–H groups in total. The summed E-state index contributed by atoms with van der Waals surface area (Å²) in [6.07, 6.45) is 0.794. The molecule has 0 radical (unpaired) electrons. The normalized spacial score (nSPS) is 41.7. The molecular weight excluding hydrogens is 132 g/mol. The maximum absolute atomic E-state index is 9.07. The standard InChI is InChI=1S/C7H14O3/c1-7(9-2)3-4-10-6(8)5-7/h6,8H,3-5H2,1-2H3. The van der Waals surface area contributed by atoms with Crippen molar-refractivity contribution in [2.75, 3.05) is 13.7 Å². The Morgan fingerprint density at radius 3 is 2.80 bits per heavy atom. The molecule has 10 heavy (non-hydrogen) atoms. The first-order valence-corrected chi connectivity index (χ1v) is 3.51. The summed E-state index contributed by atoms with van der Waals surface area (Å²) in [6, 6.07) is 0. The lowest BCUT2D eigenvalue weighted by molar-refractivity contribution is -0.188. The molecule has 60 valence electrons. The van der Waals surface area contributed by atoms with Crippen LogP contribution in [0.3, 0.4) is 0 Å². The molecule has 3 nitrogen and oxygen atoms in total. The molecule has 0 aromatic heterocycles. The SMILES string of the molecule is COC1(C)CCOC(O)C1. The molecule has 0 aromatic carbocycles. The van der Waals surface area contributed by atoms with Gasteiger partial charge < -0.3 is 14.6 Å². The Labute approximate surface area is 60.9 Å².